The van der Waals surface area contributed by atoms with Gasteiger partial charge in [-0.15, -0.1) is 0 Å². The summed E-state index contributed by atoms with van der Waals surface area (Å²) in [7, 11) is -3.72. The van der Waals surface area contributed by atoms with Gasteiger partial charge < -0.3 is 10.1 Å². The number of benzene rings is 1. The lowest BCUT2D eigenvalue weighted by Gasteiger charge is -2.18. The van der Waals surface area contributed by atoms with Gasteiger partial charge in [0.15, 0.2) is 6.10 Å². The summed E-state index contributed by atoms with van der Waals surface area (Å²) in [6.07, 6.45) is -1.37. The van der Waals surface area contributed by atoms with Gasteiger partial charge >= 0.3 is 12.0 Å². The van der Waals surface area contributed by atoms with Gasteiger partial charge in [-0.2, -0.15) is 0 Å². The average molecular weight is 383 g/mol. The molecule has 3 amide bonds. The van der Waals surface area contributed by atoms with Crippen LogP contribution in [0.5, 0.6) is 0 Å². The molecule has 1 fully saturated rings. The first kappa shape index (κ1) is 19.9. The molecule has 142 valence electrons. The molecule has 1 saturated heterocycles. The maximum absolute atomic E-state index is 12.1. The van der Waals surface area contributed by atoms with Crippen molar-refractivity contribution in [3.05, 3.63) is 29.8 Å². The third-order valence-corrected chi connectivity index (χ3v) is 5.21. The summed E-state index contributed by atoms with van der Waals surface area (Å²) in [4.78, 5) is 36.3. The van der Waals surface area contributed by atoms with Gasteiger partial charge in [0.1, 0.15) is 0 Å². The number of hydrogen-bond donors (Lipinski definition) is 2. The van der Waals surface area contributed by atoms with Crippen molar-refractivity contribution < 1.29 is 27.5 Å². The van der Waals surface area contributed by atoms with E-state index in [4.69, 9.17) is 4.74 Å². The zero-order chi connectivity index (χ0) is 19.3. The van der Waals surface area contributed by atoms with Crippen molar-refractivity contribution in [2.45, 2.75) is 31.3 Å². The highest BCUT2D eigenvalue weighted by Crippen LogP contribution is 2.10. The van der Waals surface area contributed by atoms with Crippen LogP contribution in [0.15, 0.2) is 29.2 Å². The van der Waals surface area contributed by atoms with E-state index in [1.165, 1.54) is 19.1 Å². The standard InChI is InChI=1S/C16H21N3O6S/c1-11-3-5-13(6-4-11)26(23,24)18-8-7-14(20)25-12(2)15(21)19-10-9-17-16(19)22/h3-6,12,18H,7-10H2,1-2H3,(H,17,22)/t12-/m1/s1. The molecule has 2 rings (SSSR count). The highest BCUT2D eigenvalue weighted by Gasteiger charge is 2.31. The van der Waals surface area contributed by atoms with Gasteiger partial charge in [0.2, 0.25) is 10.0 Å². The van der Waals surface area contributed by atoms with Gasteiger partial charge in [0, 0.05) is 19.6 Å². The first-order valence-corrected chi connectivity index (χ1v) is 9.54. The van der Waals surface area contributed by atoms with E-state index in [1.54, 1.807) is 12.1 Å². The van der Waals surface area contributed by atoms with Gasteiger partial charge in [-0.3, -0.25) is 14.5 Å². The van der Waals surface area contributed by atoms with Crippen LogP contribution in [0.2, 0.25) is 0 Å². The zero-order valence-electron chi connectivity index (χ0n) is 14.5. The van der Waals surface area contributed by atoms with Crippen LogP contribution < -0.4 is 10.0 Å². The van der Waals surface area contributed by atoms with Crippen LogP contribution in [0.3, 0.4) is 0 Å². The summed E-state index contributed by atoms with van der Waals surface area (Å²) in [5.74, 6) is -1.36. The molecule has 1 atom stereocenters. The molecule has 1 heterocycles. The maximum Gasteiger partial charge on any atom is 0.324 e. The molecule has 2 N–H and O–H groups in total. The van der Waals surface area contributed by atoms with Crippen molar-refractivity contribution in [3.8, 4) is 0 Å². The molecule has 0 aliphatic carbocycles. The number of amides is 3. The quantitative estimate of drug-likeness (QED) is 0.646. The van der Waals surface area contributed by atoms with Crippen molar-refractivity contribution in [2.24, 2.45) is 0 Å². The smallest absolute Gasteiger partial charge is 0.324 e. The molecule has 10 heteroatoms. The fraction of sp³-hybridized carbons (Fsp3) is 0.438. The van der Waals surface area contributed by atoms with Gasteiger partial charge in [-0.05, 0) is 26.0 Å². The van der Waals surface area contributed by atoms with Gasteiger partial charge in [-0.1, -0.05) is 17.7 Å². The number of nitrogens with one attached hydrogen (secondary N) is 2. The first-order chi connectivity index (χ1) is 12.2. The predicted molar refractivity (Wildman–Crippen MR) is 91.7 cm³/mol. The molecular weight excluding hydrogens is 362 g/mol. The summed E-state index contributed by atoms with van der Waals surface area (Å²) in [5.41, 5.74) is 0.929. The Bertz CT molecular complexity index is 791. The molecule has 0 aromatic heterocycles. The average Bonchev–Trinajstić information content (AvgIpc) is 3.00. The van der Waals surface area contributed by atoms with Crippen molar-refractivity contribution in [2.75, 3.05) is 19.6 Å². The van der Waals surface area contributed by atoms with E-state index >= 15 is 0 Å². The van der Waals surface area contributed by atoms with Gasteiger partial charge in [-0.25, -0.2) is 17.9 Å². The van der Waals surface area contributed by atoms with E-state index in [0.717, 1.165) is 10.5 Å². The largest absolute Gasteiger partial charge is 0.452 e. The summed E-state index contributed by atoms with van der Waals surface area (Å²) in [5, 5.41) is 2.48. The maximum atomic E-state index is 12.1. The van der Waals surface area contributed by atoms with Crippen LogP contribution in [-0.4, -0.2) is 57.0 Å². The highest BCUT2D eigenvalue weighted by atomic mass is 32.2. The number of esters is 1. The molecular formula is C16H21N3O6S. The Morgan fingerprint density at radius 3 is 2.54 bits per heavy atom. The van der Waals surface area contributed by atoms with Crippen LogP contribution >= 0.6 is 0 Å². The minimum Gasteiger partial charge on any atom is -0.452 e. The lowest BCUT2D eigenvalue weighted by atomic mass is 10.2. The van der Waals surface area contributed by atoms with Crippen LogP contribution in [0, 0.1) is 6.92 Å². The SMILES string of the molecule is Cc1ccc(S(=O)(=O)NCCC(=O)O[C@H](C)C(=O)N2CCNC2=O)cc1. The second-order valence-corrected chi connectivity index (χ2v) is 7.58. The fourth-order valence-corrected chi connectivity index (χ4v) is 3.33. The van der Waals surface area contributed by atoms with Crippen LogP contribution in [0.1, 0.15) is 18.9 Å². The Morgan fingerprint density at radius 1 is 1.31 bits per heavy atom. The molecule has 1 aromatic carbocycles. The Labute approximate surface area is 151 Å². The van der Waals surface area contributed by atoms with E-state index in [-0.39, 0.29) is 24.4 Å². The number of carbonyl (C=O) groups excluding carboxylic acids is 3. The molecule has 1 aliphatic rings. The molecule has 26 heavy (non-hydrogen) atoms. The van der Waals surface area contributed by atoms with E-state index in [9.17, 15) is 22.8 Å². The van der Waals surface area contributed by atoms with E-state index in [2.05, 4.69) is 10.0 Å². The number of sulfonamides is 1. The molecule has 9 nitrogen and oxygen atoms in total. The molecule has 1 aromatic rings. The van der Waals surface area contributed by atoms with Crippen molar-refractivity contribution in [1.29, 1.82) is 0 Å². The van der Waals surface area contributed by atoms with E-state index in [0.29, 0.717) is 6.54 Å². The Balaban J connectivity index is 1.80. The molecule has 0 bridgehead atoms. The number of imide groups is 1. The minimum atomic E-state index is -3.72. The first-order valence-electron chi connectivity index (χ1n) is 8.06. The number of aryl methyl sites for hydroxylation is 1. The van der Waals surface area contributed by atoms with Crippen LogP contribution in [0.4, 0.5) is 4.79 Å². The van der Waals surface area contributed by atoms with Crippen molar-refractivity contribution in [3.63, 3.8) is 0 Å². The minimum absolute atomic E-state index is 0.0973. The summed E-state index contributed by atoms with van der Waals surface area (Å²) >= 11 is 0. The Hall–Kier alpha value is -2.46. The number of carbonyl (C=O) groups is 3. The van der Waals surface area contributed by atoms with Crippen molar-refractivity contribution >= 4 is 27.9 Å². The monoisotopic (exact) mass is 383 g/mol. The normalized spacial score (nSPS) is 15.5. The molecule has 1 aliphatic heterocycles. The third kappa shape index (κ3) is 5.02. The van der Waals surface area contributed by atoms with Gasteiger partial charge in [0.05, 0.1) is 11.3 Å². The molecule has 0 radical (unpaired) electrons. The summed E-state index contributed by atoms with van der Waals surface area (Å²) in [6, 6.07) is 5.76. The summed E-state index contributed by atoms with van der Waals surface area (Å²) < 4.78 is 31.5. The molecule has 0 saturated carbocycles. The number of nitrogens with zero attached hydrogens (tertiary/aromatic N) is 1. The Morgan fingerprint density at radius 2 is 1.96 bits per heavy atom. The summed E-state index contributed by atoms with van der Waals surface area (Å²) in [6.45, 7) is 3.61. The van der Waals surface area contributed by atoms with Crippen LogP contribution in [0.25, 0.3) is 0 Å². The molecule has 0 unspecified atom stereocenters. The number of hydrogen-bond acceptors (Lipinski definition) is 6. The number of ether oxygens (including phenoxy) is 1. The highest BCUT2D eigenvalue weighted by molar-refractivity contribution is 7.89. The van der Waals surface area contributed by atoms with Crippen LogP contribution in [-0.2, 0) is 24.3 Å². The van der Waals surface area contributed by atoms with Gasteiger partial charge in [0.25, 0.3) is 5.91 Å². The molecule has 0 spiro atoms. The third-order valence-electron chi connectivity index (χ3n) is 3.73. The van der Waals surface area contributed by atoms with E-state index in [1.807, 2.05) is 6.92 Å². The van der Waals surface area contributed by atoms with Crippen molar-refractivity contribution in [1.82, 2.24) is 14.9 Å². The second-order valence-electron chi connectivity index (χ2n) is 5.81. The lowest BCUT2D eigenvalue weighted by molar-refractivity contribution is -0.157. The fourth-order valence-electron chi connectivity index (χ4n) is 2.30. The number of urea groups is 1. The topological polar surface area (TPSA) is 122 Å². The predicted octanol–water partition coefficient (Wildman–Crippen LogP) is 0.147. The zero-order valence-corrected chi connectivity index (χ0v) is 15.3. The lowest BCUT2D eigenvalue weighted by Crippen LogP contribution is -2.42. The Kier molecular flexibility index (Phi) is 6.32. The second kappa shape index (κ2) is 8.28. The number of rotatable bonds is 7. The van der Waals surface area contributed by atoms with E-state index < -0.39 is 34.0 Å².